The minimum Gasteiger partial charge on any atom is -0.483 e. The zero-order valence-electron chi connectivity index (χ0n) is 22.5. The van der Waals surface area contributed by atoms with Crippen LogP contribution in [0.3, 0.4) is 0 Å². The first-order chi connectivity index (χ1) is 19.8. The number of carbonyl (C=O) groups excluding carboxylic acids is 4. The highest BCUT2D eigenvalue weighted by Crippen LogP contribution is 2.31. The first-order valence-electron chi connectivity index (χ1n) is 13.0. The fraction of sp³-hybridized carbons (Fsp3) is 0.0909. The molecule has 0 unspecified atom stereocenters. The highest BCUT2D eigenvalue weighted by molar-refractivity contribution is 6.46. The zero-order chi connectivity index (χ0) is 28.9. The molecule has 0 aromatic heterocycles. The molecule has 204 valence electrons. The zero-order valence-corrected chi connectivity index (χ0v) is 22.5. The van der Waals surface area contributed by atoms with Crippen molar-refractivity contribution in [2.45, 2.75) is 13.8 Å². The number of urea groups is 1. The lowest BCUT2D eigenvalue weighted by Gasteiger charge is -2.34. The summed E-state index contributed by atoms with van der Waals surface area (Å²) in [5.41, 5.74) is 3.46. The molecule has 41 heavy (non-hydrogen) atoms. The van der Waals surface area contributed by atoms with E-state index in [1.807, 2.05) is 32.0 Å². The van der Waals surface area contributed by atoms with Crippen molar-refractivity contribution in [3.63, 3.8) is 0 Å². The fourth-order valence-corrected chi connectivity index (χ4v) is 4.43. The number of rotatable bonds is 7. The van der Waals surface area contributed by atoms with E-state index in [2.05, 4.69) is 5.32 Å². The van der Waals surface area contributed by atoms with Crippen LogP contribution in [0.5, 0.6) is 5.75 Å². The largest absolute Gasteiger partial charge is 0.483 e. The van der Waals surface area contributed by atoms with E-state index in [0.29, 0.717) is 28.4 Å². The molecule has 5 amide bonds. The van der Waals surface area contributed by atoms with Gasteiger partial charge in [-0.25, -0.2) is 14.6 Å². The number of hydrogen-bond acceptors (Lipinski definition) is 5. The number of aryl methyl sites for hydroxylation is 2. The first kappa shape index (κ1) is 27.1. The molecule has 1 aliphatic heterocycles. The second-order valence-corrected chi connectivity index (χ2v) is 9.49. The van der Waals surface area contributed by atoms with Crippen LogP contribution in [0.25, 0.3) is 6.08 Å². The average molecular weight is 546 g/mol. The molecule has 8 nitrogen and oxygen atoms in total. The summed E-state index contributed by atoms with van der Waals surface area (Å²) in [7, 11) is 0. The second kappa shape index (κ2) is 11.7. The van der Waals surface area contributed by atoms with Crippen LogP contribution in [0.4, 0.5) is 21.9 Å². The van der Waals surface area contributed by atoms with Crippen LogP contribution in [0.15, 0.2) is 109 Å². The van der Waals surface area contributed by atoms with Gasteiger partial charge in [0.05, 0.1) is 11.4 Å². The average Bonchev–Trinajstić information content (AvgIpc) is 2.98. The van der Waals surface area contributed by atoms with Crippen molar-refractivity contribution >= 4 is 46.9 Å². The van der Waals surface area contributed by atoms with Gasteiger partial charge >= 0.3 is 6.03 Å². The maximum atomic E-state index is 13.7. The van der Waals surface area contributed by atoms with Crippen molar-refractivity contribution < 1.29 is 23.9 Å². The van der Waals surface area contributed by atoms with Gasteiger partial charge in [-0.05, 0) is 67.4 Å². The smallest absolute Gasteiger partial charge is 0.343 e. The van der Waals surface area contributed by atoms with Crippen molar-refractivity contribution in [3.05, 3.63) is 125 Å². The van der Waals surface area contributed by atoms with E-state index in [-0.39, 0.29) is 18.1 Å². The summed E-state index contributed by atoms with van der Waals surface area (Å²) in [5, 5.41) is 2.85. The molecule has 0 spiro atoms. The number of nitrogens with one attached hydrogen (secondary N) is 1. The number of para-hydroxylation sites is 3. The standard InChI is InChI=1S/C33H27N3O5/c1-22-17-18-23(2)28(19-22)34-30(37)21-41-29-16-10-9-11-24(29)20-27-31(38)35(25-12-5-3-6-13-25)33(40)36(32(27)39)26-14-7-4-8-15-26/h3-20H,21H2,1-2H3,(H,34,37). The Labute approximate surface area is 237 Å². The van der Waals surface area contributed by atoms with Gasteiger partial charge in [-0.2, -0.15) is 0 Å². The van der Waals surface area contributed by atoms with Crippen molar-refractivity contribution in [2.75, 3.05) is 21.7 Å². The summed E-state index contributed by atoms with van der Waals surface area (Å²) in [6.45, 7) is 3.55. The molecule has 1 aliphatic rings. The first-order valence-corrected chi connectivity index (χ1v) is 13.0. The Balaban J connectivity index is 1.46. The summed E-state index contributed by atoms with van der Waals surface area (Å²) in [5.74, 6) is -1.59. The van der Waals surface area contributed by atoms with E-state index in [1.165, 1.54) is 6.08 Å². The quantitative estimate of drug-likeness (QED) is 0.230. The molecule has 5 rings (SSSR count). The van der Waals surface area contributed by atoms with Gasteiger partial charge in [0.2, 0.25) is 0 Å². The molecule has 0 saturated carbocycles. The number of carbonyl (C=O) groups is 4. The van der Waals surface area contributed by atoms with Gasteiger partial charge in [0.1, 0.15) is 11.3 Å². The Kier molecular flexibility index (Phi) is 7.74. The molecule has 0 radical (unpaired) electrons. The van der Waals surface area contributed by atoms with Crippen molar-refractivity contribution in [2.24, 2.45) is 0 Å². The third-order valence-corrected chi connectivity index (χ3v) is 6.52. The number of ether oxygens (including phenoxy) is 1. The molecule has 8 heteroatoms. The molecule has 1 saturated heterocycles. The van der Waals surface area contributed by atoms with E-state index < -0.39 is 17.8 Å². The molecule has 1 heterocycles. The minimum atomic E-state index is -0.776. The van der Waals surface area contributed by atoms with E-state index in [4.69, 9.17) is 4.74 Å². The van der Waals surface area contributed by atoms with E-state index in [0.717, 1.165) is 20.9 Å². The Morgan fingerprint density at radius 2 is 1.32 bits per heavy atom. The van der Waals surface area contributed by atoms with Crippen LogP contribution in [0.2, 0.25) is 0 Å². The summed E-state index contributed by atoms with van der Waals surface area (Å²) in [6.07, 6.45) is 1.39. The van der Waals surface area contributed by atoms with Gasteiger partial charge in [-0.15, -0.1) is 0 Å². The Morgan fingerprint density at radius 3 is 1.93 bits per heavy atom. The summed E-state index contributed by atoms with van der Waals surface area (Å²) < 4.78 is 5.82. The summed E-state index contributed by atoms with van der Waals surface area (Å²) in [6, 6.07) is 28.6. The molecular formula is C33H27N3O5. The summed E-state index contributed by atoms with van der Waals surface area (Å²) >= 11 is 0. The number of imide groups is 2. The van der Waals surface area contributed by atoms with E-state index >= 15 is 0 Å². The number of barbiturate groups is 1. The maximum Gasteiger partial charge on any atom is 0.343 e. The lowest BCUT2D eigenvalue weighted by molar-refractivity contribution is -0.121. The number of anilines is 3. The Hall–Kier alpha value is -5.50. The summed E-state index contributed by atoms with van der Waals surface area (Å²) in [4.78, 5) is 55.4. The number of nitrogens with zero attached hydrogens (tertiary/aromatic N) is 2. The van der Waals surface area contributed by atoms with Gasteiger partial charge in [0.25, 0.3) is 17.7 Å². The highest BCUT2D eigenvalue weighted by Gasteiger charge is 2.43. The van der Waals surface area contributed by atoms with E-state index in [1.54, 1.807) is 84.9 Å². The molecular weight excluding hydrogens is 518 g/mol. The number of amides is 5. The van der Waals surface area contributed by atoms with Crippen molar-refractivity contribution in [3.8, 4) is 5.75 Å². The van der Waals surface area contributed by atoms with Crippen LogP contribution in [-0.4, -0.2) is 30.4 Å². The molecule has 4 aromatic rings. The minimum absolute atomic E-state index is 0.229. The van der Waals surface area contributed by atoms with Crippen molar-refractivity contribution in [1.82, 2.24) is 0 Å². The highest BCUT2D eigenvalue weighted by atomic mass is 16.5. The predicted molar refractivity (Wildman–Crippen MR) is 158 cm³/mol. The monoisotopic (exact) mass is 545 g/mol. The van der Waals surface area contributed by atoms with Crippen LogP contribution in [-0.2, 0) is 14.4 Å². The molecule has 1 fully saturated rings. The van der Waals surface area contributed by atoms with Gasteiger partial charge in [0.15, 0.2) is 6.61 Å². The third kappa shape index (κ3) is 5.77. The molecule has 0 atom stereocenters. The molecule has 0 bridgehead atoms. The normalized spacial score (nSPS) is 13.3. The van der Waals surface area contributed by atoms with Gasteiger partial charge < -0.3 is 10.1 Å². The van der Waals surface area contributed by atoms with Crippen LogP contribution < -0.4 is 19.9 Å². The van der Waals surface area contributed by atoms with Gasteiger partial charge in [0, 0.05) is 11.3 Å². The topological polar surface area (TPSA) is 96.0 Å². The van der Waals surface area contributed by atoms with Gasteiger partial charge in [-0.3, -0.25) is 14.4 Å². The number of hydrogen-bond donors (Lipinski definition) is 1. The Morgan fingerprint density at radius 1 is 0.756 bits per heavy atom. The van der Waals surface area contributed by atoms with Crippen LogP contribution in [0.1, 0.15) is 16.7 Å². The lowest BCUT2D eigenvalue weighted by Crippen LogP contribution is -2.57. The molecule has 1 N–H and O–H groups in total. The Bertz CT molecular complexity index is 1600. The number of benzene rings is 4. The fourth-order valence-electron chi connectivity index (χ4n) is 4.43. The second-order valence-electron chi connectivity index (χ2n) is 9.49. The molecule has 0 aliphatic carbocycles. The maximum absolute atomic E-state index is 13.7. The predicted octanol–water partition coefficient (Wildman–Crippen LogP) is 5.90. The van der Waals surface area contributed by atoms with E-state index in [9.17, 15) is 19.2 Å². The van der Waals surface area contributed by atoms with Crippen LogP contribution >= 0.6 is 0 Å². The van der Waals surface area contributed by atoms with Crippen LogP contribution in [0, 0.1) is 13.8 Å². The van der Waals surface area contributed by atoms with Crippen molar-refractivity contribution in [1.29, 1.82) is 0 Å². The lowest BCUT2D eigenvalue weighted by atomic mass is 10.0. The SMILES string of the molecule is Cc1ccc(C)c(NC(=O)COc2ccccc2C=C2C(=O)N(c3ccccc3)C(=O)N(c3ccccc3)C2=O)c1. The van der Waals surface area contributed by atoms with Gasteiger partial charge in [-0.1, -0.05) is 66.7 Å². The third-order valence-electron chi connectivity index (χ3n) is 6.52. The molecule has 4 aromatic carbocycles.